The zero-order chi connectivity index (χ0) is 24.2. The lowest BCUT2D eigenvalue weighted by Gasteiger charge is -2.50. The summed E-state index contributed by atoms with van der Waals surface area (Å²) >= 11 is 0. The normalized spacial score (nSPS) is 20.0. The van der Waals surface area contributed by atoms with Crippen molar-refractivity contribution in [1.82, 2.24) is 15.7 Å². The van der Waals surface area contributed by atoms with Crippen LogP contribution in [0.3, 0.4) is 0 Å². The predicted molar refractivity (Wildman–Crippen MR) is 124 cm³/mol. The summed E-state index contributed by atoms with van der Waals surface area (Å²) in [5.41, 5.74) is -0.784. The van der Waals surface area contributed by atoms with Crippen LogP contribution < -0.4 is 10.6 Å². The van der Waals surface area contributed by atoms with Crippen molar-refractivity contribution >= 4 is 12.0 Å². The first-order valence-electron chi connectivity index (χ1n) is 11.2. The summed E-state index contributed by atoms with van der Waals surface area (Å²) < 4.78 is 5.37. The minimum Gasteiger partial charge on any atom is -0.444 e. The Morgan fingerprint density at radius 2 is 1.69 bits per heavy atom. The number of hydroxylamine groups is 2. The van der Waals surface area contributed by atoms with E-state index in [-0.39, 0.29) is 18.4 Å². The van der Waals surface area contributed by atoms with Crippen LogP contribution in [-0.4, -0.2) is 39.8 Å². The Morgan fingerprint density at radius 1 is 1.12 bits per heavy atom. The van der Waals surface area contributed by atoms with Crippen LogP contribution in [-0.2, 0) is 14.7 Å². The molecule has 2 rings (SSSR count). The van der Waals surface area contributed by atoms with Crippen molar-refractivity contribution < 1.29 is 19.5 Å². The topological polar surface area (TPSA) is 90.6 Å². The monoisotopic (exact) mass is 444 g/mol. The molecular weight excluding hydrogens is 406 g/mol. The summed E-state index contributed by atoms with van der Waals surface area (Å²) in [6.07, 6.45) is 4.41. The van der Waals surface area contributed by atoms with Crippen molar-refractivity contribution in [3.05, 3.63) is 48.0 Å². The lowest BCUT2D eigenvalue weighted by molar-refractivity contribution is -0.290. The van der Waals surface area contributed by atoms with Crippen LogP contribution in [0.15, 0.2) is 42.5 Å². The van der Waals surface area contributed by atoms with E-state index in [1.807, 2.05) is 78.8 Å². The van der Waals surface area contributed by atoms with E-state index in [4.69, 9.17) is 4.74 Å². The van der Waals surface area contributed by atoms with Crippen molar-refractivity contribution in [3.8, 4) is 0 Å². The van der Waals surface area contributed by atoms with E-state index in [0.717, 1.165) is 10.6 Å². The molecule has 1 fully saturated rings. The maximum atomic E-state index is 12.6. The largest absolute Gasteiger partial charge is 0.444 e. The molecule has 2 amide bonds. The highest BCUT2D eigenvalue weighted by Gasteiger charge is 2.46. The first kappa shape index (κ1) is 25.9. The van der Waals surface area contributed by atoms with Crippen LogP contribution in [0, 0.1) is 0 Å². The first-order chi connectivity index (χ1) is 14.7. The molecule has 1 atom stereocenters. The molecule has 1 aliphatic heterocycles. The highest BCUT2D eigenvalue weighted by atomic mass is 16.6. The number of nitrogens with one attached hydrogen (secondary N) is 2. The molecule has 1 saturated heterocycles. The summed E-state index contributed by atoms with van der Waals surface area (Å²) in [6, 6.07) is 9.04. The van der Waals surface area contributed by atoms with Crippen molar-refractivity contribution in [2.24, 2.45) is 0 Å². The smallest absolute Gasteiger partial charge is 0.408 e. The first-order valence-corrected chi connectivity index (χ1v) is 11.2. The van der Waals surface area contributed by atoms with E-state index >= 15 is 0 Å². The molecule has 1 aromatic carbocycles. The second-order valence-electron chi connectivity index (χ2n) is 10.8. The average molecular weight is 445 g/mol. The molecule has 177 valence electrons. The molecule has 0 aromatic heterocycles. The third kappa shape index (κ3) is 7.64. The van der Waals surface area contributed by atoms with Crippen LogP contribution >= 0.6 is 0 Å². The predicted octanol–water partition coefficient (Wildman–Crippen LogP) is 4.68. The van der Waals surface area contributed by atoms with Gasteiger partial charge in [-0.25, -0.2) is 4.79 Å². The van der Waals surface area contributed by atoms with Crippen LogP contribution in [0.5, 0.6) is 0 Å². The number of piperidine rings is 1. The summed E-state index contributed by atoms with van der Waals surface area (Å²) in [4.78, 5) is 24.9. The molecule has 0 bridgehead atoms. The van der Waals surface area contributed by atoms with Gasteiger partial charge in [0.1, 0.15) is 5.60 Å². The molecule has 1 radical (unpaired) electrons. The Kier molecular flexibility index (Phi) is 8.12. The number of nitrogens with zero attached hydrogens (tertiary/aromatic N) is 1. The zero-order valence-electron chi connectivity index (χ0n) is 20.4. The fourth-order valence-electron chi connectivity index (χ4n) is 4.30. The van der Waals surface area contributed by atoms with Crippen LogP contribution in [0.1, 0.15) is 79.3 Å². The zero-order valence-corrected chi connectivity index (χ0v) is 20.4. The average Bonchev–Trinajstić information content (AvgIpc) is 2.64. The molecule has 2 N–H and O–H groups in total. The fraction of sp³-hybridized carbons (Fsp3) is 0.600. The van der Waals surface area contributed by atoms with Gasteiger partial charge in [0.25, 0.3) is 0 Å². The number of alkyl carbamates (subject to hydrolysis) is 1. The minimum atomic E-state index is -0.601. The van der Waals surface area contributed by atoms with Gasteiger partial charge < -0.3 is 15.4 Å². The molecular formula is C25H38N3O4. The van der Waals surface area contributed by atoms with E-state index < -0.39 is 28.8 Å². The number of hydrogen-bond acceptors (Lipinski definition) is 4. The minimum absolute atomic E-state index is 0.0593. The summed E-state index contributed by atoms with van der Waals surface area (Å²) in [5.74, 6) is -0.110. The third-order valence-corrected chi connectivity index (χ3v) is 5.42. The van der Waals surface area contributed by atoms with E-state index in [1.165, 1.54) is 0 Å². The van der Waals surface area contributed by atoms with Gasteiger partial charge >= 0.3 is 6.09 Å². The Balaban J connectivity index is 2.00. The molecule has 0 unspecified atom stereocenters. The number of ether oxygens (including phenoxy) is 1. The third-order valence-electron chi connectivity index (χ3n) is 5.42. The fourth-order valence-corrected chi connectivity index (χ4v) is 4.30. The van der Waals surface area contributed by atoms with Gasteiger partial charge in [-0.1, -0.05) is 42.5 Å². The van der Waals surface area contributed by atoms with Crippen LogP contribution in [0.25, 0.3) is 0 Å². The van der Waals surface area contributed by atoms with Gasteiger partial charge in [0.2, 0.25) is 5.91 Å². The summed E-state index contributed by atoms with van der Waals surface area (Å²) in [6.45, 7) is 13.1. The van der Waals surface area contributed by atoms with Crippen LogP contribution in [0.4, 0.5) is 4.79 Å². The number of carbonyl (C=O) groups excluding carboxylic acids is 2. The maximum absolute atomic E-state index is 12.6. The Bertz CT molecular complexity index is 794. The molecule has 7 nitrogen and oxygen atoms in total. The quantitative estimate of drug-likeness (QED) is 0.623. The van der Waals surface area contributed by atoms with Gasteiger partial charge in [-0.3, -0.25) is 4.79 Å². The molecule has 0 spiro atoms. The van der Waals surface area contributed by atoms with Crippen molar-refractivity contribution in [2.75, 3.05) is 0 Å². The molecule has 1 aromatic rings. The molecule has 0 aliphatic carbocycles. The molecule has 7 heteroatoms. The summed E-state index contributed by atoms with van der Waals surface area (Å²) in [7, 11) is 0. The van der Waals surface area contributed by atoms with Gasteiger partial charge in [-0.05, 0) is 66.9 Å². The molecule has 1 heterocycles. The second kappa shape index (κ2) is 10.0. The Labute approximate surface area is 192 Å². The van der Waals surface area contributed by atoms with Crippen molar-refractivity contribution in [3.63, 3.8) is 0 Å². The summed E-state index contributed by atoms with van der Waals surface area (Å²) in [5, 5.41) is 19.6. The number of benzene rings is 1. The number of hydrogen-bond donors (Lipinski definition) is 2. The molecule has 32 heavy (non-hydrogen) atoms. The van der Waals surface area contributed by atoms with Gasteiger partial charge in [0, 0.05) is 23.5 Å². The maximum Gasteiger partial charge on any atom is 0.408 e. The second-order valence-corrected chi connectivity index (χ2v) is 10.8. The van der Waals surface area contributed by atoms with Gasteiger partial charge in [-0.2, -0.15) is 0 Å². The van der Waals surface area contributed by atoms with Crippen molar-refractivity contribution in [2.45, 2.75) is 96.5 Å². The van der Waals surface area contributed by atoms with Gasteiger partial charge in [0.15, 0.2) is 0 Å². The molecule has 1 aliphatic rings. The number of amides is 2. The van der Waals surface area contributed by atoms with E-state index in [9.17, 15) is 14.8 Å². The van der Waals surface area contributed by atoms with E-state index in [1.54, 1.807) is 12.2 Å². The highest BCUT2D eigenvalue weighted by molar-refractivity contribution is 5.78. The number of rotatable bonds is 6. The standard InChI is InChI=1S/C25H38N3O4/c1-23(2,3)32-22(30)27-20(18-12-9-8-10-13-18)14-11-15-21(29)26-19-16-24(4,5)28(31)25(6,7)17-19/h8-14,19-20H,15-17H2,1-7H3,(H,26,29)(H,27,30)/b14-11+/t20-/m0/s1. The Morgan fingerprint density at radius 3 is 2.22 bits per heavy atom. The van der Waals surface area contributed by atoms with Crippen LogP contribution in [0.2, 0.25) is 0 Å². The Hall–Kier alpha value is -2.38. The SMILES string of the molecule is CC(C)(C)OC(=O)N[C@@H](/C=C/CC(=O)NC1CC(C)(C)N([O])C(C)(C)C1)c1ccccc1. The van der Waals surface area contributed by atoms with Gasteiger partial charge in [0.05, 0.1) is 6.04 Å². The van der Waals surface area contributed by atoms with E-state index in [0.29, 0.717) is 12.8 Å². The lowest BCUT2D eigenvalue weighted by Crippen LogP contribution is -2.62. The van der Waals surface area contributed by atoms with E-state index in [2.05, 4.69) is 10.6 Å². The van der Waals surface area contributed by atoms with Gasteiger partial charge in [-0.15, -0.1) is 10.3 Å². The highest BCUT2D eigenvalue weighted by Crippen LogP contribution is 2.37. The number of carbonyl (C=O) groups is 2. The van der Waals surface area contributed by atoms with Crippen molar-refractivity contribution in [1.29, 1.82) is 0 Å². The lowest BCUT2D eigenvalue weighted by atomic mass is 9.79. The molecule has 0 saturated carbocycles.